The van der Waals surface area contributed by atoms with Crippen LogP contribution in [0, 0.1) is 11.8 Å². The zero-order valence-electron chi connectivity index (χ0n) is 13.5. The summed E-state index contributed by atoms with van der Waals surface area (Å²) in [4.78, 5) is 27.4. The molecule has 4 heteroatoms. The number of rotatable bonds is 5. The van der Waals surface area contributed by atoms with Gasteiger partial charge < -0.3 is 10.2 Å². The van der Waals surface area contributed by atoms with E-state index >= 15 is 0 Å². The van der Waals surface area contributed by atoms with Gasteiger partial charge in [0.15, 0.2) is 0 Å². The topological polar surface area (TPSA) is 49.4 Å². The highest BCUT2D eigenvalue weighted by Gasteiger charge is 2.58. The van der Waals surface area contributed by atoms with Gasteiger partial charge in [0.2, 0.25) is 11.8 Å². The number of nitrogens with zero attached hydrogens (tertiary/aromatic N) is 1. The summed E-state index contributed by atoms with van der Waals surface area (Å²) in [6.45, 7) is 10.8. The van der Waals surface area contributed by atoms with E-state index in [9.17, 15) is 9.59 Å². The first-order valence-corrected chi connectivity index (χ1v) is 7.90. The molecule has 2 amide bonds. The largest absolute Gasteiger partial charge is 0.340 e. The molecule has 4 nitrogen and oxygen atoms in total. The van der Waals surface area contributed by atoms with E-state index in [1.165, 1.54) is 0 Å². The third-order valence-corrected chi connectivity index (χ3v) is 5.16. The second kappa shape index (κ2) is 5.05. The van der Waals surface area contributed by atoms with E-state index in [-0.39, 0.29) is 11.8 Å². The fraction of sp³-hybridized carbons (Fsp3) is 0.875. The lowest BCUT2D eigenvalue weighted by Gasteiger charge is -2.50. The second-order valence-electron chi connectivity index (χ2n) is 7.20. The summed E-state index contributed by atoms with van der Waals surface area (Å²) in [6.07, 6.45) is 3.69. The van der Waals surface area contributed by atoms with Crippen LogP contribution in [0.1, 0.15) is 60.3 Å². The summed E-state index contributed by atoms with van der Waals surface area (Å²) < 4.78 is 0. The molecule has 2 unspecified atom stereocenters. The van der Waals surface area contributed by atoms with Crippen molar-refractivity contribution in [1.82, 2.24) is 10.2 Å². The third kappa shape index (κ3) is 2.33. The van der Waals surface area contributed by atoms with Gasteiger partial charge in [0.05, 0.1) is 0 Å². The summed E-state index contributed by atoms with van der Waals surface area (Å²) in [5.74, 6) is 0.977. The van der Waals surface area contributed by atoms with Crippen molar-refractivity contribution in [3.8, 4) is 0 Å². The number of hydrogen-bond acceptors (Lipinski definition) is 2. The first-order valence-electron chi connectivity index (χ1n) is 7.90. The van der Waals surface area contributed by atoms with E-state index in [1.54, 1.807) is 0 Å². The molecule has 0 aromatic carbocycles. The van der Waals surface area contributed by atoms with Crippen LogP contribution >= 0.6 is 0 Å². The standard InChI is InChI=1S/C16H28N2O2/c1-6-15(4)13(19)17-16(5,12-7-8-12)14(20)18(15)10-9-11(2)3/h11-12H,6-10H2,1-5H3,(H,17,19). The van der Waals surface area contributed by atoms with Crippen LogP contribution in [0.15, 0.2) is 0 Å². The van der Waals surface area contributed by atoms with Gasteiger partial charge in [-0.3, -0.25) is 9.59 Å². The molecule has 1 heterocycles. The number of nitrogens with one attached hydrogen (secondary N) is 1. The Labute approximate surface area is 122 Å². The highest BCUT2D eigenvalue weighted by Crippen LogP contribution is 2.44. The molecule has 2 fully saturated rings. The van der Waals surface area contributed by atoms with Crippen molar-refractivity contribution in [3.63, 3.8) is 0 Å². The van der Waals surface area contributed by atoms with Crippen molar-refractivity contribution >= 4 is 11.8 Å². The molecule has 2 aliphatic rings. The van der Waals surface area contributed by atoms with E-state index in [4.69, 9.17) is 0 Å². The molecule has 1 aliphatic heterocycles. The molecule has 1 N–H and O–H groups in total. The molecule has 20 heavy (non-hydrogen) atoms. The van der Waals surface area contributed by atoms with Crippen molar-refractivity contribution in [3.05, 3.63) is 0 Å². The molecule has 2 atom stereocenters. The van der Waals surface area contributed by atoms with Crippen LogP contribution in [0.3, 0.4) is 0 Å². The van der Waals surface area contributed by atoms with Gasteiger partial charge in [-0.15, -0.1) is 0 Å². The first kappa shape index (κ1) is 15.3. The molecular weight excluding hydrogens is 252 g/mol. The lowest BCUT2D eigenvalue weighted by atomic mass is 9.82. The van der Waals surface area contributed by atoms with Gasteiger partial charge in [-0.05, 0) is 51.4 Å². The molecule has 1 saturated heterocycles. The number of hydrogen-bond donors (Lipinski definition) is 1. The minimum absolute atomic E-state index is 0.0118. The van der Waals surface area contributed by atoms with Crippen LogP contribution in [-0.4, -0.2) is 34.3 Å². The SMILES string of the molecule is CCC1(C)C(=O)NC(C)(C2CC2)C(=O)N1CCC(C)C. The second-order valence-corrected chi connectivity index (χ2v) is 7.20. The smallest absolute Gasteiger partial charge is 0.249 e. The van der Waals surface area contributed by atoms with Gasteiger partial charge in [0.25, 0.3) is 0 Å². The maximum atomic E-state index is 13.0. The Morgan fingerprint density at radius 3 is 2.35 bits per heavy atom. The Balaban J connectivity index is 2.29. The lowest BCUT2D eigenvalue weighted by molar-refractivity contribution is -0.163. The number of carbonyl (C=O) groups is 2. The molecule has 0 bridgehead atoms. The number of amides is 2. The Hall–Kier alpha value is -1.06. The van der Waals surface area contributed by atoms with E-state index in [0.717, 1.165) is 19.3 Å². The van der Waals surface area contributed by atoms with Gasteiger partial charge >= 0.3 is 0 Å². The summed E-state index contributed by atoms with van der Waals surface area (Å²) in [6, 6.07) is 0. The molecule has 1 saturated carbocycles. The maximum absolute atomic E-state index is 13.0. The van der Waals surface area contributed by atoms with Crippen LogP contribution in [0.25, 0.3) is 0 Å². The van der Waals surface area contributed by atoms with Gasteiger partial charge in [0, 0.05) is 6.54 Å². The predicted octanol–water partition coefficient (Wildman–Crippen LogP) is 2.33. The van der Waals surface area contributed by atoms with Crippen LogP contribution in [0.4, 0.5) is 0 Å². The first-order chi connectivity index (χ1) is 9.25. The zero-order chi connectivity index (χ0) is 15.1. The van der Waals surface area contributed by atoms with Crippen LogP contribution in [-0.2, 0) is 9.59 Å². The van der Waals surface area contributed by atoms with Crippen molar-refractivity contribution in [2.75, 3.05) is 6.54 Å². The minimum atomic E-state index is -0.694. The van der Waals surface area contributed by atoms with E-state index in [0.29, 0.717) is 24.8 Å². The molecule has 2 rings (SSSR count). The highest BCUT2D eigenvalue weighted by molar-refractivity contribution is 6.02. The fourth-order valence-corrected chi connectivity index (χ4v) is 3.08. The van der Waals surface area contributed by atoms with Crippen molar-refractivity contribution in [2.24, 2.45) is 11.8 Å². The van der Waals surface area contributed by atoms with Gasteiger partial charge in [-0.25, -0.2) is 0 Å². The Morgan fingerprint density at radius 2 is 1.90 bits per heavy atom. The molecular formula is C16H28N2O2. The average Bonchev–Trinajstić information content (AvgIpc) is 3.20. The van der Waals surface area contributed by atoms with Crippen LogP contribution < -0.4 is 5.32 Å². The summed E-state index contributed by atoms with van der Waals surface area (Å²) >= 11 is 0. The van der Waals surface area contributed by atoms with E-state index < -0.39 is 11.1 Å². The summed E-state index contributed by atoms with van der Waals surface area (Å²) in [5.41, 5.74) is -1.37. The molecule has 1 aliphatic carbocycles. The fourth-order valence-electron chi connectivity index (χ4n) is 3.08. The lowest BCUT2D eigenvalue weighted by Crippen LogP contribution is -2.74. The van der Waals surface area contributed by atoms with Crippen molar-refractivity contribution < 1.29 is 9.59 Å². The summed E-state index contributed by atoms with van der Waals surface area (Å²) in [7, 11) is 0. The van der Waals surface area contributed by atoms with Crippen molar-refractivity contribution in [1.29, 1.82) is 0 Å². The van der Waals surface area contributed by atoms with Gasteiger partial charge in [-0.2, -0.15) is 0 Å². The minimum Gasteiger partial charge on any atom is -0.340 e. The Morgan fingerprint density at radius 1 is 1.30 bits per heavy atom. The third-order valence-electron chi connectivity index (χ3n) is 5.16. The molecule has 0 spiro atoms. The molecule has 0 radical (unpaired) electrons. The Kier molecular flexibility index (Phi) is 3.87. The molecule has 0 aromatic rings. The number of carbonyl (C=O) groups excluding carboxylic acids is 2. The maximum Gasteiger partial charge on any atom is 0.249 e. The molecule has 114 valence electrons. The van der Waals surface area contributed by atoms with E-state index in [1.807, 2.05) is 25.7 Å². The summed E-state index contributed by atoms with van der Waals surface area (Å²) in [5, 5.41) is 3.03. The van der Waals surface area contributed by atoms with Gasteiger partial charge in [-0.1, -0.05) is 20.8 Å². The average molecular weight is 280 g/mol. The monoisotopic (exact) mass is 280 g/mol. The van der Waals surface area contributed by atoms with Crippen molar-refractivity contribution in [2.45, 2.75) is 71.4 Å². The van der Waals surface area contributed by atoms with Crippen LogP contribution in [0.5, 0.6) is 0 Å². The van der Waals surface area contributed by atoms with Crippen LogP contribution in [0.2, 0.25) is 0 Å². The quantitative estimate of drug-likeness (QED) is 0.840. The Bertz CT molecular complexity index is 417. The normalized spacial score (nSPS) is 34.6. The molecule has 0 aromatic heterocycles. The number of piperazine rings is 1. The van der Waals surface area contributed by atoms with Gasteiger partial charge in [0.1, 0.15) is 11.1 Å². The highest BCUT2D eigenvalue weighted by atomic mass is 16.2. The zero-order valence-corrected chi connectivity index (χ0v) is 13.5. The van der Waals surface area contributed by atoms with E-state index in [2.05, 4.69) is 19.2 Å². The predicted molar refractivity (Wildman–Crippen MR) is 79.1 cm³/mol.